The molecule has 1 saturated carbocycles. The minimum atomic E-state index is -4.40. The van der Waals surface area contributed by atoms with Crippen LogP contribution in [-0.4, -0.2) is 17.6 Å². The molecule has 1 aliphatic carbocycles. The molecule has 0 aliphatic heterocycles. The van der Waals surface area contributed by atoms with E-state index >= 15 is 0 Å². The zero-order valence-corrected chi connectivity index (χ0v) is 12.1. The molecule has 1 amide bonds. The first-order valence-electron chi connectivity index (χ1n) is 5.09. The number of carbonyl (C=O) groups is 1. The van der Waals surface area contributed by atoms with Crippen molar-refractivity contribution < 1.29 is 18.0 Å². The van der Waals surface area contributed by atoms with E-state index in [1.807, 2.05) is 0 Å². The van der Waals surface area contributed by atoms with Gasteiger partial charge in [0.2, 0.25) is 0 Å². The Balaban J connectivity index is 2.21. The van der Waals surface area contributed by atoms with Crippen LogP contribution in [0.2, 0.25) is 0 Å². The van der Waals surface area contributed by atoms with Crippen molar-refractivity contribution in [1.29, 1.82) is 0 Å². The van der Waals surface area contributed by atoms with Crippen LogP contribution in [0.4, 0.5) is 13.2 Å². The molecule has 0 saturated heterocycles. The number of hydrogen-bond donors (Lipinski definition) is 1. The summed E-state index contributed by atoms with van der Waals surface area (Å²) in [6, 6.07) is 4.77. The largest absolute Gasteiger partial charge is 0.411 e. The van der Waals surface area contributed by atoms with Crippen molar-refractivity contribution >= 4 is 37.8 Å². The first-order chi connectivity index (χ1) is 8.25. The summed E-state index contributed by atoms with van der Waals surface area (Å²) in [6.45, 7) is 0. The summed E-state index contributed by atoms with van der Waals surface area (Å²) in [6.07, 6.45) is -4.52. The van der Waals surface area contributed by atoms with Crippen LogP contribution < -0.4 is 5.32 Å². The van der Waals surface area contributed by atoms with Crippen LogP contribution in [0, 0.1) is 0 Å². The molecular weight excluding hydrogens is 379 g/mol. The molecule has 7 heteroatoms. The molecule has 1 aromatic rings. The Bertz CT molecular complexity index is 498. The highest BCUT2D eigenvalue weighted by Crippen LogP contribution is 2.49. The van der Waals surface area contributed by atoms with Gasteiger partial charge in [0.1, 0.15) is 5.54 Å². The molecule has 2 nitrogen and oxygen atoms in total. The van der Waals surface area contributed by atoms with Gasteiger partial charge in [0, 0.05) is 8.95 Å². The van der Waals surface area contributed by atoms with Gasteiger partial charge in [-0.05, 0) is 47.0 Å². The quantitative estimate of drug-likeness (QED) is 0.816. The van der Waals surface area contributed by atoms with Crippen LogP contribution >= 0.6 is 31.9 Å². The van der Waals surface area contributed by atoms with E-state index in [2.05, 4.69) is 37.2 Å². The number of amides is 1. The first-order valence-corrected chi connectivity index (χ1v) is 6.68. The van der Waals surface area contributed by atoms with Gasteiger partial charge in [-0.3, -0.25) is 4.79 Å². The average molecular weight is 387 g/mol. The molecular formula is C11H8Br2F3NO. The van der Waals surface area contributed by atoms with Crippen molar-refractivity contribution in [1.82, 2.24) is 5.32 Å². The highest BCUT2D eigenvalue weighted by atomic mass is 79.9. The Hall–Kier alpha value is -0.560. The van der Waals surface area contributed by atoms with Gasteiger partial charge >= 0.3 is 6.18 Å². The molecule has 0 radical (unpaired) electrons. The van der Waals surface area contributed by atoms with Crippen molar-refractivity contribution in [2.45, 2.75) is 24.6 Å². The molecule has 2 rings (SSSR count). The lowest BCUT2D eigenvalue weighted by Gasteiger charge is -2.21. The number of rotatable bonds is 2. The van der Waals surface area contributed by atoms with Gasteiger partial charge in [0.25, 0.3) is 5.91 Å². The smallest absolute Gasteiger partial charge is 0.338 e. The van der Waals surface area contributed by atoms with Crippen molar-refractivity contribution in [2.24, 2.45) is 0 Å². The lowest BCUT2D eigenvalue weighted by atomic mass is 10.2. The molecule has 98 valence electrons. The molecule has 1 aromatic carbocycles. The van der Waals surface area contributed by atoms with E-state index in [-0.39, 0.29) is 18.4 Å². The van der Waals surface area contributed by atoms with Crippen molar-refractivity contribution in [3.63, 3.8) is 0 Å². The van der Waals surface area contributed by atoms with Crippen LogP contribution in [0.15, 0.2) is 27.1 Å². The summed E-state index contributed by atoms with van der Waals surface area (Å²) < 4.78 is 39.2. The van der Waals surface area contributed by atoms with Crippen molar-refractivity contribution in [2.75, 3.05) is 0 Å². The van der Waals surface area contributed by atoms with Crippen molar-refractivity contribution in [3.8, 4) is 0 Å². The number of nitrogens with one attached hydrogen (secondary N) is 1. The number of carbonyl (C=O) groups excluding carboxylic acids is 1. The second kappa shape index (κ2) is 4.52. The molecule has 0 heterocycles. The minimum absolute atomic E-state index is 0.0616. The fourth-order valence-electron chi connectivity index (χ4n) is 1.56. The Morgan fingerprint density at radius 3 is 2.39 bits per heavy atom. The molecule has 1 aliphatic rings. The Labute approximate surface area is 118 Å². The van der Waals surface area contributed by atoms with E-state index in [1.54, 1.807) is 12.1 Å². The molecule has 0 atom stereocenters. The lowest BCUT2D eigenvalue weighted by Crippen LogP contribution is -2.47. The van der Waals surface area contributed by atoms with Gasteiger partial charge < -0.3 is 5.32 Å². The summed E-state index contributed by atoms with van der Waals surface area (Å²) >= 11 is 6.32. The number of halogens is 5. The lowest BCUT2D eigenvalue weighted by molar-refractivity contribution is -0.163. The number of alkyl halides is 3. The fraction of sp³-hybridized carbons (Fsp3) is 0.364. The normalized spacial score (nSPS) is 17.4. The summed E-state index contributed by atoms with van der Waals surface area (Å²) in [5.74, 6) is -0.724. The predicted molar refractivity (Wildman–Crippen MR) is 67.3 cm³/mol. The zero-order valence-electron chi connectivity index (χ0n) is 8.94. The van der Waals surface area contributed by atoms with Gasteiger partial charge in [-0.25, -0.2) is 0 Å². The van der Waals surface area contributed by atoms with Crippen LogP contribution in [-0.2, 0) is 0 Å². The summed E-state index contributed by atoms with van der Waals surface area (Å²) in [7, 11) is 0. The predicted octanol–water partition coefficient (Wildman–Crippen LogP) is 4.04. The van der Waals surface area contributed by atoms with Crippen molar-refractivity contribution in [3.05, 3.63) is 32.7 Å². The molecule has 0 bridgehead atoms. The van der Waals surface area contributed by atoms with Crippen LogP contribution in [0.1, 0.15) is 23.2 Å². The standard InChI is InChI=1S/C11H8Br2F3NO/c12-6-1-2-8(13)7(5-6)9(18)17-10(3-4-10)11(14,15)16/h1-2,5H,3-4H2,(H,17,18). The zero-order chi connectivity index (χ0) is 13.6. The highest BCUT2D eigenvalue weighted by Gasteiger charge is 2.64. The summed E-state index contributed by atoms with van der Waals surface area (Å²) in [4.78, 5) is 11.9. The fourth-order valence-corrected chi connectivity index (χ4v) is 2.35. The van der Waals surface area contributed by atoms with Crippen LogP contribution in [0.5, 0.6) is 0 Å². The Morgan fingerprint density at radius 1 is 1.28 bits per heavy atom. The van der Waals surface area contributed by atoms with Gasteiger partial charge in [-0.15, -0.1) is 0 Å². The maximum atomic E-state index is 12.7. The second-order valence-electron chi connectivity index (χ2n) is 4.16. The third kappa shape index (κ3) is 2.56. The maximum absolute atomic E-state index is 12.7. The number of hydrogen-bond acceptors (Lipinski definition) is 1. The molecule has 1 N–H and O–H groups in total. The third-order valence-corrected chi connectivity index (χ3v) is 4.00. The third-order valence-electron chi connectivity index (χ3n) is 2.82. The summed E-state index contributed by atoms with van der Waals surface area (Å²) in [5, 5.41) is 2.08. The van der Waals surface area contributed by atoms with Crippen LogP contribution in [0.25, 0.3) is 0 Å². The maximum Gasteiger partial charge on any atom is 0.411 e. The topological polar surface area (TPSA) is 29.1 Å². The van der Waals surface area contributed by atoms with E-state index in [0.717, 1.165) is 0 Å². The Morgan fingerprint density at radius 2 is 1.89 bits per heavy atom. The van der Waals surface area contributed by atoms with Gasteiger partial charge in [-0.1, -0.05) is 15.9 Å². The molecule has 1 fully saturated rings. The SMILES string of the molecule is O=C(NC1(C(F)(F)F)CC1)c1cc(Br)ccc1Br. The minimum Gasteiger partial charge on any atom is -0.338 e. The molecule has 0 aromatic heterocycles. The Kier molecular flexibility index (Phi) is 3.48. The molecule has 0 unspecified atom stereocenters. The average Bonchev–Trinajstić information content (AvgIpc) is 3.01. The van der Waals surface area contributed by atoms with Gasteiger partial charge in [-0.2, -0.15) is 13.2 Å². The van der Waals surface area contributed by atoms with Gasteiger partial charge in [0.15, 0.2) is 0 Å². The summed E-state index contributed by atoms with van der Waals surface area (Å²) in [5.41, 5.74) is -1.86. The van der Waals surface area contributed by atoms with Crippen LogP contribution in [0.3, 0.4) is 0 Å². The number of benzene rings is 1. The first kappa shape index (κ1) is 13.9. The van der Waals surface area contributed by atoms with Gasteiger partial charge in [0.05, 0.1) is 5.56 Å². The highest BCUT2D eigenvalue weighted by molar-refractivity contribution is 9.11. The second-order valence-corrected chi connectivity index (χ2v) is 5.93. The van der Waals surface area contributed by atoms with E-state index in [1.165, 1.54) is 6.07 Å². The van der Waals surface area contributed by atoms with E-state index in [0.29, 0.717) is 8.95 Å². The monoisotopic (exact) mass is 385 g/mol. The van der Waals surface area contributed by atoms with E-state index in [4.69, 9.17) is 0 Å². The molecule has 18 heavy (non-hydrogen) atoms. The molecule has 0 spiro atoms. The van der Waals surface area contributed by atoms with E-state index < -0.39 is 17.6 Å². The van der Waals surface area contributed by atoms with E-state index in [9.17, 15) is 18.0 Å².